The third-order valence-corrected chi connectivity index (χ3v) is 4.91. The van der Waals surface area contributed by atoms with Crippen LogP contribution in [0.4, 0.5) is 0 Å². The number of hydrogen-bond acceptors (Lipinski definition) is 4. The van der Waals surface area contributed by atoms with Crippen LogP contribution >= 0.6 is 15.9 Å². The van der Waals surface area contributed by atoms with E-state index in [1.807, 2.05) is 43.3 Å². The van der Waals surface area contributed by atoms with Crippen LogP contribution in [-0.2, 0) is 6.54 Å². The first-order chi connectivity index (χ1) is 12.6. The molecule has 1 fully saturated rings. The molecule has 1 amide bonds. The van der Waals surface area contributed by atoms with E-state index in [2.05, 4.69) is 36.5 Å². The van der Waals surface area contributed by atoms with Gasteiger partial charge in [-0.3, -0.25) is 9.78 Å². The summed E-state index contributed by atoms with van der Waals surface area (Å²) in [5.74, 6) is 0.145. The van der Waals surface area contributed by atoms with Crippen molar-refractivity contribution < 1.29 is 4.79 Å². The lowest BCUT2D eigenvalue weighted by Crippen LogP contribution is -2.24. The molecule has 0 spiro atoms. The molecule has 0 bridgehead atoms. The maximum absolute atomic E-state index is 12.7. The third-order valence-electron chi connectivity index (χ3n) is 4.38. The smallest absolute Gasteiger partial charge is 0.274 e. The number of rotatable bonds is 5. The number of aryl methyl sites for hydroxylation is 1. The summed E-state index contributed by atoms with van der Waals surface area (Å²) in [5, 5.41) is 11.3. The zero-order valence-electron chi connectivity index (χ0n) is 14.3. The minimum Gasteiger partial charge on any atom is -0.346 e. The Morgan fingerprint density at radius 1 is 1.23 bits per heavy atom. The van der Waals surface area contributed by atoms with Crippen LogP contribution in [0.25, 0.3) is 5.69 Å². The van der Waals surface area contributed by atoms with E-state index in [4.69, 9.17) is 0 Å². The van der Waals surface area contributed by atoms with E-state index in [1.165, 1.54) is 0 Å². The minimum absolute atomic E-state index is 0.198. The van der Waals surface area contributed by atoms with Crippen molar-refractivity contribution in [3.63, 3.8) is 0 Å². The van der Waals surface area contributed by atoms with E-state index >= 15 is 0 Å². The number of nitrogens with zero attached hydrogens (tertiary/aromatic N) is 4. The van der Waals surface area contributed by atoms with Gasteiger partial charge in [0, 0.05) is 28.8 Å². The van der Waals surface area contributed by atoms with Gasteiger partial charge in [0.2, 0.25) is 0 Å². The SMILES string of the molecule is Cc1ccc(CNC(=O)c2nnn(-c3ccc(Br)cc3)c2C2CC2)cn1. The largest absolute Gasteiger partial charge is 0.346 e. The van der Waals surface area contributed by atoms with Crippen LogP contribution in [-0.4, -0.2) is 25.9 Å². The van der Waals surface area contributed by atoms with Crippen molar-refractivity contribution in [1.82, 2.24) is 25.3 Å². The zero-order valence-corrected chi connectivity index (χ0v) is 15.9. The molecule has 1 N–H and O–H groups in total. The molecular weight excluding hydrogens is 394 g/mol. The first-order valence-corrected chi connectivity index (χ1v) is 9.32. The Morgan fingerprint density at radius 2 is 2.00 bits per heavy atom. The van der Waals surface area contributed by atoms with Crippen molar-refractivity contribution >= 4 is 21.8 Å². The maximum Gasteiger partial charge on any atom is 0.274 e. The Balaban J connectivity index is 1.57. The lowest BCUT2D eigenvalue weighted by molar-refractivity contribution is 0.0944. The monoisotopic (exact) mass is 411 g/mol. The molecular formula is C19H18BrN5O. The second-order valence-electron chi connectivity index (χ2n) is 6.48. The van der Waals surface area contributed by atoms with Crippen LogP contribution in [0.3, 0.4) is 0 Å². The minimum atomic E-state index is -0.198. The standard InChI is InChI=1S/C19H18BrN5O/c1-12-2-3-13(10-21-12)11-22-19(26)17-18(14-4-5-14)25(24-23-17)16-8-6-15(20)7-9-16/h2-3,6-10,14H,4-5,11H2,1H3,(H,22,26). The third kappa shape index (κ3) is 3.53. The van der Waals surface area contributed by atoms with Crippen LogP contribution in [0.15, 0.2) is 47.1 Å². The second kappa shape index (κ2) is 6.99. The fraction of sp³-hybridized carbons (Fsp3) is 0.263. The fourth-order valence-corrected chi connectivity index (χ4v) is 3.08. The Bertz CT molecular complexity index is 930. The number of carbonyl (C=O) groups excluding carboxylic acids is 1. The molecule has 0 radical (unpaired) electrons. The van der Waals surface area contributed by atoms with Gasteiger partial charge in [0.15, 0.2) is 5.69 Å². The van der Waals surface area contributed by atoms with Crippen LogP contribution in [0, 0.1) is 6.92 Å². The molecule has 1 aliphatic rings. The van der Waals surface area contributed by atoms with Gasteiger partial charge in [0.05, 0.1) is 11.4 Å². The number of hydrogen-bond donors (Lipinski definition) is 1. The average Bonchev–Trinajstić information content (AvgIpc) is 3.40. The second-order valence-corrected chi connectivity index (χ2v) is 7.39. The van der Waals surface area contributed by atoms with Gasteiger partial charge in [-0.05, 0) is 55.7 Å². The van der Waals surface area contributed by atoms with Gasteiger partial charge in [-0.1, -0.05) is 27.2 Å². The molecule has 0 atom stereocenters. The Morgan fingerprint density at radius 3 is 2.65 bits per heavy atom. The molecule has 2 aromatic heterocycles. The van der Waals surface area contributed by atoms with E-state index in [0.717, 1.165) is 40.0 Å². The normalized spacial score (nSPS) is 13.6. The number of aromatic nitrogens is 4. The van der Waals surface area contributed by atoms with Gasteiger partial charge in [-0.25, -0.2) is 4.68 Å². The van der Waals surface area contributed by atoms with Crippen molar-refractivity contribution in [2.45, 2.75) is 32.2 Å². The molecule has 1 aliphatic carbocycles. The Hall–Kier alpha value is -2.54. The molecule has 0 unspecified atom stereocenters. The molecule has 4 rings (SSSR count). The molecule has 0 aliphatic heterocycles. The summed E-state index contributed by atoms with van der Waals surface area (Å²) in [5.41, 5.74) is 4.12. The number of carbonyl (C=O) groups is 1. The van der Waals surface area contributed by atoms with Gasteiger partial charge < -0.3 is 5.32 Å². The van der Waals surface area contributed by atoms with Gasteiger partial charge in [-0.2, -0.15) is 0 Å². The van der Waals surface area contributed by atoms with Crippen LogP contribution < -0.4 is 5.32 Å². The first-order valence-electron chi connectivity index (χ1n) is 8.53. The molecule has 6 nitrogen and oxygen atoms in total. The first kappa shape index (κ1) is 16.9. The van der Waals surface area contributed by atoms with Crippen molar-refractivity contribution in [2.24, 2.45) is 0 Å². The molecule has 1 saturated carbocycles. The predicted octanol–water partition coefficient (Wildman–Crippen LogP) is 3.54. The van der Waals surface area contributed by atoms with Crippen molar-refractivity contribution in [1.29, 1.82) is 0 Å². The Labute approximate surface area is 159 Å². The number of halogens is 1. The molecule has 3 aromatic rings. The highest BCUT2D eigenvalue weighted by molar-refractivity contribution is 9.10. The van der Waals surface area contributed by atoms with E-state index < -0.39 is 0 Å². The predicted molar refractivity (Wildman–Crippen MR) is 101 cm³/mol. The highest BCUT2D eigenvalue weighted by atomic mass is 79.9. The summed E-state index contributed by atoms with van der Waals surface area (Å²) < 4.78 is 2.78. The molecule has 2 heterocycles. The lowest BCUT2D eigenvalue weighted by atomic mass is 10.2. The van der Waals surface area contributed by atoms with Gasteiger partial charge in [0.25, 0.3) is 5.91 Å². The summed E-state index contributed by atoms with van der Waals surface area (Å²) in [7, 11) is 0. The number of amides is 1. The quantitative estimate of drug-likeness (QED) is 0.696. The zero-order chi connectivity index (χ0) is 18.1. The summed E-state index contributed by atoms with van der Waals surface area (Å²) in [6, 6.07) is 11.7. The van der Waals surface area contributed by atoms with Crippen molar-refractivity contribution in [3.8, 4) is 5.69 Å². The van der Waals surface area contributed by atoms with E-state index in [0.29, 0.717) is 18.2 Å². The summed E-state index contributed by atoms with van der Waals surface area (Å²) >= 11 is 3.44. The summed E-state index contributed by atoms with van der Waals surface area (Å²) in [6.45, 7) is 2.35. The van der Waals surface area contributed by atoms with Gasteiger partial charge in [-0.15, -0.1) is 5.10 Å². The van der Waals surface area contributed by atoms with Gasteiger partial charge >= 0.3 is 0 Å². The number of benzene rings is 1. The lowest BCUT2D eigenvalue weighted by Gasteiger charge is -2.08. The highest BCUT2D eigenvalue weighted by Gasteiger charge is 2.34. The van der Waals surface area contributed by atoms with E-state index in [-0.39, 0.29) is 5.91 Å². The van der Waals surface area contributed by atoms with Gasteiger partial charge in [0.1, 0.15) is 0 Å². The van der Waals surface area contributed by atoms with E-state index in [9.17, 15) is 4.79 Å². The van der Waals surface area contributed by atoms with Crippen molar-refractivity contribution in [2.75, 3.05) is 0 Å². The maximum atomic E-state index is 12.7. The number of pyridine rings is 1. The summed E-state index contributed by atoms with van der Waals surface area (Å²) in [4.78, 5) is 16.9. The van der Waals surface area contributed by atoms with Crippen LogP contribution in [0.5, 0.6) is 0 Å². The molecule has 7 heteroatoms. The average molecular weight is 412 g/mol. The molecule has 132 valence electrons. The Kier molecular flexibility index (Phi) is 4.55. The van der Waals surface area contributed by atoms with Crippen LogP contribution in [0.2, 0.25) is 0 Å². The topological polar surface area (TPSA) is 72.7 Å². The number of nitrogens with one attached hydrogen (secondary N) is 1. The van der Waals surface area contributed by atoms with Crippen LogP contribution in [0.1, 0.15) is 46.2 Å². The molecule has 1 aromatic carbocycles. The fourth-order valence-electron chi connectivity index (χ4n) is 2.82. The molecule has 0 saturated heterocycles. The molecule has 26 heavy (non-hydrogen) atoms. The highest BCUT2D eigenvalue weighted by Crippen LogP contribution is 2.42. The van der Waals surface area contributed by atoms with Crippen molar-refractivity contribution in [3.05, 3.63) is 69.7 Å². The summed E-state index contributed by atoms with van der Waals surface area (Å²) in [6.07, 6.45) is 3.90. The van der Waals surface area contributed by atoms with E-state index in [1.54, 1.807) is 10.9 Å².